The van der Waals surface area contributed by atoms with Crippen molar-refractivity contribution in [2.75, 3.05) is 90.0 Å². The largest absolute Gasteiger partial charge is 0.497 e. The second-order valence-electron chi connectivity index (χ2n) is 25.7. The van der Waals surface area contributed by atoms with Crippen LogP contribution in [0, 0.1) is 12.8 Å². The van der Waals surface area contributed by atoms with Gasteiger partial charge in [-0.3, -0.25) is 33.7 Å². The molecule has 6 aromatic carbocycles. The minimum absolute atomic E-state index is 0.156. The molecule has 7 aromatic heterocycles. The van der Waals surface area contributed by atoms with Crippen LogP contribution in [0.2, 0.25) is 0 Å². The van der Waals surface area contributed by atoms with Crippen molar-refractivity contribution < 1.29 is 42.0 Å². The fourth-order valence-corrected chi connectivity index (χ4v) is 12.2. The van der Waals surface area contributed by atoms with E-state index in [1.807, 2.05) is 123 Å². The summed E-state index contributed by atoms with van der Waals surface area (Å²) in [4.78, 5) is 41.3. The van der Waals surface area contributed by atoms with E-state index in [-0.39, 0.29) is 11.5 Å². The number of nitrogens with two attached hydrogens (primary N) is 1. The van der Waals surface area contributed by atoms with Gasteiger partial charge in [-0.2, -0.15) is 33.6 Å². The average Bonchev–Trinajstić information content (AvgIpc) is 1.04. The van der Waals surface area contributed by atoms with Gasteiger partial charge in [-0.25, -0.2) is 19.9 Å². The minimum atomic E-state index is -4.90. The van der Waals surface area contributed by atoms with Gasteiger partial charge in [-0.15, -0.1) is 0 Å². The fourth-order valence-electron chi connectivity index (χ4n) is 12.2. The number of benzene rings is 6. The molecule has 1 fully saturated rings. The van der Waals surface area contributed by atoms with Crippen LogP contribution in [0.3, 0.4) is 0 Å². The van der Waals surface area contributed by atoms with E-state index in [9.17, 15) is 18.3 Å². The molecular formula is C77H85F3N20O6. The molecular weight excluding hydrogens is 1360 g/mol. The Morgan fingerprint density at radius 2 is 0.981 bits per heavy atom. The van der Waals surface area contributed by atoms with Gasteiger partial charge in [0.25, 0.3) is 0 Å². The number of methoxy groups -OCH3 is 5. The molecule has 0 bridgehead atoms. The molecule has 29 heteroatoms. The number of anilines is 6. The number of rotatable bonds is 26. The third-order valence-electron chi connectivity index (χ3n) is 18.0. The molecule has 7 heterocycles. The van der Waals surface area contributed by atoms with Gasteiger partial charge in [0.05, 0.1) is 135 Å². The molecule has 1 aliphatic rings. The summed E-state index contributed by atoms with van der Waals surface area (Å²) in [5.74, 6) is 3.45. The molecule has 550 valence electrons. The van der Waals surface area contributed by atoms with Crippen LogP contribution >= 0.6 is 0 Å². The molecule has 0 spiro atoms. The number of aliphatic hydroxyl groups is 1. The highest BCUT2D eigenvalue weighted by atomic mass is 19.4. The standard InChI is InChI=1S/C27H32N6O.C25H27F3N6O3.C25H26N8O2/c1-5-31(2)16-20-10-23(12-24(11-20)34-4)33(17-19-6-7-19)22-8-9-25-26(13-22)30-27(15-28-25)21-14-29-32(3)18-21;1-33-14-15(12-31-33)20-13-30-18-6-5-16(9-19(18)32-20)34(8-4-7-29)17-10-21(36-2)23(22(11-17)37-3)24(35)25(26,27)28;1-17-27-16-32(30-17)7-8-33(20-9-21(34-3)12-22(10-20)35-4)19-5-6-23-24(11-19)29-25(14-26-23)18-13-28-31(2)15-18/h8-15,18-19H,5-7,16-17H2,1-4H3;5-6,9-14,24,35H,4,7-8,29H2,1-3H3;5-6,9-16H,7-8H2,1-4H3. The van der Waals surface area contributed by atoms with Crippen LogP contribution in [-0.4, -0.2) is 166 Å². The van der Waals surface area contributed by atoms with Gasteiger partial charge in [0.15, 0.2) is 6.10 Å². The van der Waals surface area contributed by atoms with Crippen molar-refractivity contribution in [1.29, 1.82) is 0 Å². The summed E-state index contributed by atoms with van der Waals surface area (Å²) < 4.78 is 74.3. The SMILES string of the molecule is CCN(C)Cc1cc(OC)cc(N(CC2CC2)c2ccc3ncc(-c4cnn(C)c4)nc3c2)c1.COc1cc(N(CCCN)c2ccc3ncc(-c4cnn(C)c4)nc3c2)cc(OC)c1C(O)C(F)(F)F.COc1cc(OC)cc(N(CCn2cnc(C)n2)c2ccc3ncc(-c4cnn(C)c4)nc3c2)c1. The van der Waals surface area contributed by atoms with Crippen molar-refractivity contribution in [3.8, 4) is 62.5 Å². The van der Waals surface area contributed by atoms with Crippen LogP contribution in [-0.2, 0) is 34.2 Å². The van der Waals surface area contributed by atoms with Crippen molar-refractivity contribution in [3.63, 3.8) is 0 Å². The topological polar surface area (TPSA) is 267 Å². The second-order valence-corrected chi connectivity index (χ2v) is 25.7. The highest BCUT2D eigenvalue weighted by molar-refractivity contribution is 5.86. The van der Waals surface area contributed by atoms with E-state index < -0.39 is 17.8 Å². The molecule has 3 N–H and O–H groups in total. The Balaban J connectivity index is 0.000000149. The molecule has 0 radical (unpaired) electrons. The predicted molar refractivity (Wildman–Crippen MR) is 403 cm³/mol. The lowest BCUT2D eigenvalue weighted by molar-refractivity contribution is -0.207. The number of aromatic nitrogens is 15. The van der Waals surface area contributed by atoms with Gasteiger partial charge in [-0.1, -0.05) is 6.92 Å². The zero-order valence-corrected chi connectivity index (χ0v) is 61.0. The molecule has 1 unspecified atom stereocenters. The van der Waals surface area contributed by atoms with Gasteiger partial charge in [0, 0.05) is 153 Å². The number of ether oxygens (including phenoxy) is 5. The van der Waals surface area contributed by atoms with Crippen LogP contribution in [0.5, 0.6) is 28.7 Å². The lowest BCUT2D eigenvalue weighted by atomic mass is 10.0. The molecule has 1 aliphatic carbocycles. The van der Waals surface area contributed by atoms with Crippen molar-refractivity contribution in [3.05, 3.63) is 182 Å². The number of hydrogen-bond acceptors (Lipinski definition) is 22. The molecule has 1 atom stereocenters. The highest BCUT2D eigenvalue weighted by Gasteiger charge is 2.43. The van der Waals surface area contributed by atoms with Gasteiger partial charge in [-0.05, 0) is 125 Å². The van der Waals surface area contributed by atoms with Gasteiger partial charge < -0.3 is 54.1 Å². The maximum Gasteiger partial charge on any atom is 0.418 e. The molecule has 1 saturated carbocycles. The predicted octanol–water partition coefficient (Wildman–Crippen LogP) is 13.0. The van der Waals surface area contributed by atoms with Crippen LogP contribution in [0.1, 0.15) is 49.2 Å². The Morgan fingerprint density at radius 1 is 0.538 bits per heavy atom. The first-order chi connectivity index (χ1) is 51.2. The Kier molecular flexibility index (Phi) is 22.9. The van der Waals surface area contributed by atoms with E-state index in [4.69, 9.17) is 44.4 Å². The van der Waals surface area contributed by atoms with Gasteiger partial charge in [0.2, 0.25) is 0 Å². The van der Waals surface area contributed by atoms with Crippen LogP contribution < -0.4 is 44.1 Å². The van der Waals surface area contributed by atoms with E-state index in [1.54, 1.807) is 66.5 Å². The molecule has 26 nitrogen and oxygen atoms in total. The molecule has 14 rings (SSSR count). The van der Waals surface area contributed by atoms with Gasteiger partial charge >= 0.3 is 6.18 Å². The third-order valence-corrected chi connectivity index (χ3v) is 18.0. The number of halogens is 3. The van der Waals surface area contributed by atoms with Crippen molar-refractivity contribution in [1.82, 2.24) is 78.9 Å². The summed E-state index contributed by atoms with van der Waals surface area (Å²) in [6, 6.07) is 33.2. The lowest BCUT2D eigenvalue weighted by Gasteiger charge is -2.28. The fraction of sp³-hybridized carbons (Fsp3) is 0.312. The maximum absolute atomic E-state index is 13.4. The Bertz CT molecular complexity index is 5130. The molecule has 106 heavy (non-hydrogen) atoms. The summed E-state index contributed by atoms with van der Waals surface area (Å²) in [7, 11) is 15.2. The summed E-state index contributed by atoms with van der Waals surface area (Å²) in [5, 5.41) is 27.1. The maximum atomic E-state index is 13.4. The first kappa shape index (κ1) is 73.9. The van der Waals surface area contributed by atoms with Crippen molar-refractivity contribution in [2.24, 2.45) is 32.8 Å². The van der Waals surface area contributed by atoms with Crippen molar-refractivity contribution in [2.45, 2.75) is 58.5 Å². The second kappa shape index (κ2) is 32.9. The van der Waals surface area contributed by atoms with Gasteiger partial charge in [0.1, 0.15) is 40.9 Å². The number of aliphatic hydroxyl groups excluding tert-OH is 1. The third kappa shape index (κ3) is 17.7. The summed E-state index contributed by atoms with van der Waals surface area (Å²) in [6.07, 6.45) is 13.5. The van der Waals surface area contributed by atoms with E-state index >= 15 is 0 Å². The zero-order valence-electron chi connectivity index (χ0n) is 61.0. The summed E-state index contributed by atoms with van der Waals surface area (Å²) in [6.45, 7) is 9.05. The quantitative estimate of drug-likeness (QED) is 0.0510. The number of nitrogens with zero attached hydrogens (tertiary/aromatic N) is 19. The van der Waals surface area contributed by atoms with Crippen molar-refractivity contribution >= 4 is 67.2 Å². The average molecular weight is 1440 g/mol. The number of alkyl halides is 3. The number of fused-ring (bicyclic) bond motifs is 3. The van der Waals surface area contributed by atoms with E-state index in [0.29, 0.717) is 72.2 Å². The lowest BCUT2D eigenvalue weighted by Crippen LogP contribution is -2.23. The van der Waals surface area contributed by atoms with E-state index in [0.717, 1.165) is 110 Å². The Morgan fingerprint density at radius 3 is 1.38 bits per heavy atom. The number of hydrogen-bond donors (Lipinski definition) is 2. The summed E-state index contributed by atoms with van der Waals surface area (Å²) in [5.41, 5.74) is 21.5. The van der Waals surface area contributed by atoms with Crippen LogP contribution in [0.4, 0.5) is 47.3 Å². The Hall–Kier alpha value is -11.8. The molecule has 13 aromatic rings. The smallest absolute Gasteiger partial charge is 0.418 e. The molecule has 0 aliphatic heterocycles. The molecule has 0 amide bonds. The highest BCUT2D eigenvalue weighted by Crippen LogP contribution is 2.46. The van der Waals surface area contributed by atoms with E-state index in [2.05, 4.69) is 105 Å². The first-order valence-electron chi connectivity index (χ1n) is 34.5. The molecule has 0 saturated heterocycles. The van der Waals surface area contributed by atoms with Crippen LogP contribution in [0.25, 0.3) is 66.9 Å². The van der Waals surface area contributed by atoms with Crippen LogP contribution in [0.15, 0.2) is 165 Å². The summed E-state index contributed by atoms with van der Waals surface area (Å²) >= 11 is 0. The van der Waals surface area contributed by atoms with E-state index in [1.165, 1.54) is 44.8 Å². The number of aryl methyl sites for hydroxylation is 4. The normalized spacial score (nSPS) is 12.4. The monoisotopic (exact) mass is 1440 g/mol. The minimum Gasteiger partial charge on any atom is -0.497 e. The first-order valence-corrected chi connectivity index (χ1v) is 34.5. The zero-order chi connectivity index (χ0) is 74.8. The Labute approximate surface area is 611 Å².